The second kappa shape index (κ2) is 9.07. The molecule has 0 saturated heterocycles. The Kier molecular flexibility index (Phi) is 6.29. The van der Waals surface area contributed by atoms with Crippen molar-refractivity contribution in [1.82, 2.24) is 4.90 Å². The molecule has 0 N–H and O–H groups in total. The highest BCUT2D eigenvalue weighted by Gasteiger charge is 2.09. The molecule has 0 aliphatic carbocycles. The molecular formula is C23H25NO2. The smallest absolute Gasteiger partial charge is 0.162 e. The average molecular weight is 347 g/mol. The monoisotopic (exact) mass is 347 g/mol. The van der Waals surface area contributed by atoms with Crippen molar-refractivity contribution in [2.24, 2.45) is 0 Å². The maximum atomic E-state index is 6.09. The lowest BCUT2D eigenvalue weighted by molar-refractivity contribution is 0.255. The van der Waals surface area contributed by atoms with Crippen molar-refractivity contribution in [1.29, 1.82) is 0 Å². The van der Waals surface area contributed by atoms with Gasteiger partial charge in [-0.3, -0.25) is 0 Å². The van der Waals surface area contributed by atoms with E-state index in [2.05, 4.69) is 55.4 Å². The molecule has 3 aromatic rings. The topological polar surface area (TPSA) is 21.7 Å². The maximum absolute atomic E-state index is 6.09. The second-order valence-electron chi connectivity index (χ2n) is 6.57. The van der Waals surface area contributed by atoms with Gasteiger partial charge >= 0.3 is 0 Å². The molecule has 3 aromatic carbocycles. The van der Waals surface area contributed by atoms with Gasteiger partial charge in [-0.25, -0.2) is 0 Å². The summed E-state index contributed by atoms with van der Waals surface area (Å²) in [6.45, 7) is 1.91. The van der Waals surface area contributed by atoms with Crippen molar-refractivity contribution in [2.45, 2.75) is 19.8 Å². The number of rotatable bonds is 8. The Morgan fingerprint density at radius 2 is 1.15 bits per heavy atom. The molecule has 0 aliphatic heterocycles. The van der Waals surface area contributed by atoms with E-state index >= 15 is 0 Å². The molecule has 0 bridgehead atoms. The third kappa shape index (κ3) is 5.36. The first-order valence-electron chi connectivity index (χ1n) is 8.82. The van der Waals surface area contributed by atoms with Gasteiger partial charge in [0.05, 0.1) is 0 Å². The SMILES string of the molecule is CN(C)Cc1ccc(OCc2ccccc2)c(OCc2ccccc2)c1. The van der Waals surface area contributed by atoms with Crippen LogP contribution in [0.25, 0.3) is 0 Å². The van der Waals surface area contributed by atoms with E-state index < -0.39 is 0 Å². The van der Waals surface area contributed by atoms with E-state index in [0.717, 1.165) is 29.2 Å². The summed E-state index contributed by atoms with van der Waals surface area (Å²) < 4.78 is 12.1. The standard InChI is InChI=1S/C23H25NO2/c1-24(2)16-21-13-14-22(25-17-19-9-5-3-6-10-19)23(15-21)26-18-20-11-7-4-8-12-20/h3-15H,16-18H2,1-2H3. The van der Waals surface area contributed by atoms with Crippen molar-refractivity contribution < 1.29 is 9.47 Å². The normalized spacial score (nSPS) is 10.7. The lowest BCUT2D eigenvalue weighted by atomic mass is 10.2. The van der Waals surface area contributed by atoms with Gasteiger partial charge in [0.15, 0.2) is 11.5 Å². The Bertz CT molecular complexity index is 801. The van der Waals surface area contributed by atoms with E-state index in [-0.39, 0.29) is 0 Å². The Hall–Kier alpha value is -2.78. The first kappa shape index (κ1) is 18.0. The highest BCUT2D eigenvalue weighted by molar-refractivity contribution is 5.43. The van der Waals surface area contributed by atoms with Crippen LogP contribution in [0.15, 0.2) is 78.9 Å². The fraction of sp³-hybridized carbons (Fsp3) is 0.217. The Labute approximate surface area is 155 Å². The fourth-order valence-corrected chi connectivity index (χ4v) is 2.72. The molecule has 0 fully saturated rings. The molecule has 134 valence electrons. The summed E-state index contributed by atoms with van der Waals surface area (Å²) in [5.41, 5.74) is 3.48. The summed E-state index contributed by atoms with van der Waals surface area (Å²) >= 11 is 0. The Morgan fingerprint density at radius 1 is 0.615 bits per heavy atom. The van der Waals surface area contributed by atoms with E-state index in [1.807, 2.05) is 42.5 Å². The highest BCUT2D eigenvalue weighted by atomic mass is 16.5. The molecule has 3 heteroatoms. The molecule has 0 atom stereocenters. The van der Waals surface area contributed by atoms with E-state index in [0.29, 0.717) is 13.2 Å². The van der Waals surface area contributed by atoms with Crippen LogP contribution < -0.4 is 9.47 Å². The minimum absolute atomic E-state index is 0.522. The molecule has 26 heavy (non-hydrogen) atoms. The van der Waals surface area contributed by atoms with Crippen molar-refractivity contribution in [3.63, 3.8) is 0 Å². The van der Waals surface area contributed by atoms with Crippen LogP contribution in [0.5, 0.6) is 11.5 Å². The third-order valence-electron chi connectivity index (χ3n) is 3.98. The van der Waals surface area contributed by atoms with Gasteiger partial charge in [-0.2, -0.15) is 0 Å². The molecule has 0 heterocycles. The van der Waals surface area contributed by atoms with Crippen LogP contribution in [0.2, 0.25) is 0 Å². The van der Waals surface area contributed by atoms with Crippen LogP contribution in [-0.2, 0) is 19.8 Å². The van der Waals surface area contributed by atoms with Crippen molar-refractivity contribution in [3.8, 4) is 11.5 Å². The highest BCUT2D eigenvalue weighted by Crippen LogP contribution is 2.30. The van der Waals surface area contributed by atoms with E-state index in [1.165, 1.54) is 5.56 Å². The largest absolute Gasteiger partial charge is 0.485 e. The van der Waals surface area contributed by atoms with Gasteiger partial charge in [0.25, 0.3) is 0 Å². The van der Waals surface area contributed by atoms with Gasteiger partial charge in [0.2, 0.25) is 0 Å². The summed E-state index contributed by atoms with van der Waals surface area (Å²) in [5.74, 6) is 1.55. The molecule has 0 aromatic heterocycles. The van der Waals surface area contributed by atoms with Crippen LogP contribution in [0.1, 0.15) is 16.7 Å². The zero-order valence-corrected chi connectivity index (χ0v) is 15.4. The van der Waals surface area contributed by atoms with Crippen LogP contribution in [0.4, 0.5) is 0 Å². The minimum atomic E-state index is 0.522. The third-order valence-corrected chi connectivity index (χ3v) is 3.98. The van der Waals surface area contributed by atoms with E-state index in [4.69, 9.17) is 9.47 Å². The molecule has 3 nitrogen and oxygen atoms in total. The fourth-order valence-electron chi connectivity index (χ4n) is 2.72. The van der Waals surface area contributed by atoms with Crippen LogP contribution in [0.3, 0.4) is 0 Å². The van der Waals surface area contributed by atoms with Crippen molar-refractivity contribution in [2.75, 3.05) is 14.1 Å². The number of hydrogen-bond donors (Lipinski definition) is 0. The van der Waals surface area contributed by atoms with Crippen LogP contribution in [0, 0.1) is 0 Å². The van der Waals surface area contributed by atoms with Gasteiger partial charge in [-0.15, -0.1) is 0 Å². The predicted molar refractivity (Wildman–Crippen MR) is 105 cm³/mol. The summed E-state index contributed by atoms with van der Waals surface area (Å²) in [4.78, 5) is 2.14. The van der Waals surface area contributed by atoms with Gasteiger partial charge in [-0.05, 0) is 42.9 Å². The van der Waals surface area contributed by atoms with Gasteiger partial charge in [-0.1, -0.05) is 66.7 Å². The summed E-state index contributed by atoms with van der Waals surface area (Å²) in [5, 5.41) is 0. The zero-order chi connectivity index (χ0) is 18.2. The predicted octanol–water partition coefficient (Wildman–Crippen LogP) is 4.91. The number of nitrogens with zero attached hydrogens (tertiary/aromatic N) is 1. The lowest BCUT2D eigenvalue weighted by Gasteiger charge is -2.16. The maximum Gasteiger partial charge on any atom is 0.162 e. The number of hydrogen-bond acceptors (Lipinski definition) is 3. The van der Waals surface area contributed by atoms with Crippen molar-refractivity contribution >= 4 is 0 Å². The summed E-state index contributed by atoms with van der Waals surface area (Å²) in [6.07, 6.45) is 0. The molecule has 0 amide bonds. The molecule has 0 spiro atoms. The molecular weight excluding hydrogens is 322 g/mol. The zero-order valence-electron chi connectivity index (χ0n) is 15.4. The number of ether oxygens (including phenoxy) is 2. The Balaban J connectivity index is 1.75. The summed E-state index contributed by atoms with van der Waals surface area (Å²) in [7, 11) is 4.12. The van der Waals surface area contributed by atoms with Gasteiger partial charge in [0, 0.05) is 6.54 Å². The van der Waals surface area contributed by atoms with Crippen molar-refractivity contribution in [3.05, 3.63) is 95.6 Å². The summed E-state index contributed by atoms with van der Waals surface area (Å²) in [6, 6.07) is 26.5. The van der Waals surface area contributed by atoms with Crippen LogP contribution in [-0.4, -0.2) is 19.0 Å². The average Bonchev–Trinajstić information content (AvgIpc) is 2.67. The number of benzene rings is 3. The van der Waals surface area contributed by atoms with E-state index in [1.54, 1.807) is 0 Å². The quantitative estimate of drug-likeness (QED) is 0.578. The molecule has 0 unspecified atom stereocenters. The lowest BCUT2D eigenvalue weighted by Crippen LogP contribution is -2.11. The minimum Gasteiger partial charge on any atom is -0.485 e. The first-order valence-corrected chi connectivity index (χ1v) is 8.82. The van der Waals surface area contributed by atoms with Gasteiger partial charge in [0.1, 0.15) is 13.2 Å². The van der Waals surface area contributed by atoms with Crippen LogP contribution >= 0.6 is 0 Å². The van der Waals surface area contributed by atoms with Gasteiger partial charge < -0.3 is 14.4 Å². The first-order chi connectivity index (χ1) is 12.7. The Morgan fingerprint density at radius 3 is 1.69 bits per heavy atom. The molecule has 0 saturated carbocycles. The second-order valence-corrected chi connectivity index (χ2v) is 6.57. The molecule has 0 aliphatic rings. The van der Waals surface area contributed by atoms with E-state index in [9.17, 15) is 0 Å². The molecule has 3 rings (SSSR count). The molecule has 0 radical (unpaired) electrons.